The molecule has 1 saturated carbocycles. The van der Waals surface area contributed by atoms with E-state index in [1.165, 1.54) is 35.4 Å². The topological polar surface area (TPSA) is 24.9 Å². The molecular weight excluding hydrogens is 252 g/mol. The lowest BCUT2D eigenvalue weighted by molar-refractivity contribution is 0.286. The molecule has 2 aliphatic rings. The Kier molecular flexibility index (Phi) is 2.71. The first-order chi connectivity index (χ1) is 9.36. The second-order valence-electron chi connectivity index (χ2n) is 5.78. The average Bonchev–Trinajstić information content (AvgIpc) is 3.08. The molecule has 0 saturated heterocycles. The molecule has 1 N–H and O–H groups in total. The average molecular weight is 270 g/mol. The molecule has 0 bridgehead atoms. The third-order valence-electron chi connectivity index (χ3n) is 4.33. The molecule has 2 aromatic rings. The summed E-state index contributed by atoms with van der Waals surface area (Å²) in [5.41, 5.74) is 3.10. The van der Waals surface area contributed by atoms with Crippen LogP contribution < -0.4 is 5.32 Å². The number of rotatable bonds is 3. The quantitative estimate of drug-likeness (QED) is 0.926. The van der Waals surface area contributed by atoms with Gasteiger partial charge in [0.2, 0.25) is 0 Å². The van der Waals surface area contributed by atoms with Crippen molar-refractivity contribution < 1.29 is 0 Å². The van der Waals surface area contributed by atoms with Crippen LogP contribution in [0.4, 0.5) is 0 Å². The molecule has 0 aliphatic heterocycles. The predicted octanol–water partition coefficient (Wildman–Crippen LogP) is 3.28. The fourth-order valence-corrected chi connectivity index (χ4v) is 4.01. The van der Waals surface area contributed by atoms with Crippen molar-refractivity contribution in [1.82, 2.24) is 10.3 Å². The van der Waals surface area contributed by atoms with Crippen LogP contribution in [0.15, 0.2) is 35.8 Å². The Morgan fingerprint density at radius 2 is 2.05 bits per heavy atom. The Labute approximate surface area is 117 Å². The lowest BCUT2D eigenvalue weighted by atomic mass is 9.78. The Bertz CT molecular complexity index is 574. The summed E-state index contributed by atoms with van der Waals surface area (Å²) in [6.45, 7) is 0. The highest BCUT2D eigenvalue weighted by Crippen LogP contribution is 2.40. The monoisotopic (exact) mass is 270 g/mol. The zero-order valence-corrected chi connectivity index (χ0v) is 11.7. The highest BCUT2D eigenvalue weighted by molar-refractivity contribution is 7.09. The van der Waals surface area contributed by atoms with Crippen LogP contribution in [-0.2, 0) is 18.4 Å². The van der Waals surface area contributed by atoms with E-state index in [0.29, 0.717) is 6.04 Å². The molecule has 2 nitrogen and oxygen atoms in total. The van der Waals surface area contributed by atoms with Gasteiger partial charge in [-0.2, -0.15) is 0 Å². The first kappa shape index (κ1) is 11.6. The van der Waals surface area contributed by atoms with Crippen LogP contribution in [0.25, 0.3) is 0 Å². The van der Waals surface area contributed by atoms with Crippen molar-refractivity contribution in [3.63, 3.8) is 0 Å². The van der Waals surface area contributed by atoms with Gasteiger partial charge in [0.25, 0.3) is 0 Å². The van der Waals surface area contributed by atoms with Crippen molar-refractivity contribution in [2.45, 2.75) is 43.7 Å². The summed E-state index contributed by atoms with van der Waals surface area (Å²) in [5.74, 6) is 0. The van der Waals surface area contributed by atoms with Crippen LogP contribution in [0.3, 0.4) is 0 Å². The molecule has 1 aromatic heterocycles. The Hall–Kier alpha value is -1.19. The van der Waals surface area contributed by atoms with Crippen molar-refractivity contribution in [3.8, 4) is 0 Å². The van der Waals surface area contributed by atoms with Crippen LogP contribution in [0, 0.1) is 0 Å². The second-order valence-corrected chi connectivity index (χ2v) is 6.68. The molecule has 1 fully saturated rings. The molecule has 1 heterocycles. The van der Waals surface area contributed by atoms with Crippen molar-refractivity contribution in [2.75, 3.05) is 0 Å². The minimum absolute atomic E-state index is 0.0870. The van der Waals surface area contributed by atoms with E-state index >= 15 is 0 Å². The molecule has 3 heteroatoms. The third-order valence-corrected chi connectivity index (χ3v) is 5.31. The van der Waals surface area contributed by atoms with Crippen LogP contribution in [0.5, 0.6) is 0 Å². The first-order valence-corrected chi connectivity index (χ1v) is 7.98. The third kappa shape index (κ3) is 2.11. The number of thiazole rings is 1. The van der Waals surface area contributed by atoms with Gasteiger partial charge in [0.1, 0.15) is 5.01 Å². The molecule has 19 heavy (non-hydrogen) atoms. The van der Waals surface area contributed by atoms with E-state index in [4.69, 9.17) is 0 Å². The summed E-state index contributed by atoms with van der Waals surface area (Å²) in [5, 5.41) is 7.27. The molecule has 4 rings (SSSR count). The lowest BCUT2D eigenvalue weighted by Gasteiger charge is -2.38. The number of fused-ring (bicyclic) bond motifs is 1. The van der Waals surface area contributed by atoms with Crippen LogP contribution in [-0.4, -0.2) is 11.0 Å². The van der Waals surface area contributed by atoms with Gasteiger partial charge in [0, 0.05) is 17.6 Å². The number of nitrogens with one attached hydrogen (secondary N) is 1. The zero-order valence-electron chi connectivity index (χ0n) is 10.9. The number of benzene rings is 1. The Morgan fingerprint density at radius 3 is 2.79 bits per heavy atom. The molecule has 0 spiro atoms. The van der Waals surface area contributed by atoms with Gasteiger partial charge in [-0.05, 0) is 43.2 Å². The van der Waals surface area contributed by atoms with E-state index in [2.05, 4.69) is 39.9 Å². The largest absolute Gasteiger partial charge is 0.302 e. The van der Waals surface area contributed by atoms with Gasteiger partial charge in [0.15, 0.2) is 0 Å². The van der Waals surface area contributed by atoms with Crippen LogP contribution in [0.2, 0.25) is 0 Å². The van der Waals surface area contributed by atoms with Gasteiger partial charge < -0.3 is 5.32 Å². The molecule has 1 unspecified atom stereocenters. The predicted molar refractivity (Wildman–Crippen MR) is 78.4 cm³/mol. The Balaban J connectivity index is 1.72. The minimum Gasteiger partial charge on any atom is -0.302 e. The molecule has 2 aliphatic carbocycles. The van der Waals surface area contributed by atoms with Gasteiger partial charge in [-0.3, -0.25) is 0 Å². The maximum atomic E-state index is 4.62. The van der Waals surface area contributed by atoms with Crippen molar-refractivity contribution >= 4 is 11.3 Å². The maximum absolute atomic E-state index is 4.62. The van der Waals surface area contributed by atoms with Crippen LogP contribution >= 0.6 is 11.3 Å². The lowest BCUT2D eigenvalue weighted by Crippen LogP contribution is -2.47. The summed E-state index contributed by atoms with van der Waals surface area (Å²) in [4.78, 5) is 4.62. The van der Waals surface area contributed by atoms with Crippen molar-refractivity contribution in [1.29, 1.82) is 0 Å². The van der Waals surface area contributed by atoms with E-state index in [-0.39, 0.29) is 5.54 Å². The molecule has 98 valence electrons. The first-order valence-electron chi connectivity index (χ1n) is 7.10. The molecule has 0 radical (unpaired) electrons. The minimum atomic E-state index is 0.0870. The number of hydrogen-bond acceptors (Lipinski definition) is 3. The summed E-state index contributed by atoms with van der Waals surface area (Å²) >= 11 is 1.80. The normalized spacial score (nSPS) is 26.1. The van der Waals surface area contributed by atoms with Crippen molar-refractivity contribution in [2.24, 2.45) is 0 Å². The van der Waals surface area contributed by atoms with E-state index in [9.17, 15) is 0 Å². The smallest absolute Gasteiger partial charge is 0.113 e. The molecular formula is C16H18N2S. The Morgan fingerprint density at radius 1 is 1.21 bits per heavy atom. The summed E-state index contributed by atoms with van der Waals surface area (Å²) in [7, 11) is 0. The fourth-order valence-electron chi connectivity index (χ4n) is 3.18. The van der Waals surface area contributed by atoms with Gasteiger partial charge in [-0.1, -0.05) is 24.3 Å². The van der Waals surface area contributed by atoms with E-state index in [1.54, 1.807) is 11.3 Å². The van der Waals surface area contributed by atoms with Gasteiger partial charge in [-0.25, -0.2) is 4.98 Å². The summed E-state index contributed by atoms with van der Waals surface area (Å²) in [6, 6.07) is 9.59. The van der Waals surface area contributed by atoms with Gasteiger partial charge in [-0.15, -0.1) is 11.3 Å². The molecule has 1 aromatic carbocycles. The van der Waals surface area contributed by atoms with Gasteiger partial charge in [0.05, 0.1) is 5.54 Å². The highest BCUT2D eigenvalue weighted by Gasteiger charge is 2.41. The number of aryl methyl sites for hydroxylation is 1. The maximum Gasteiger partial charge on any atom is 0.113 e. The van der Waals surface area contributed by atoms with E-state index < -0.39 is 0 Å². The van der Waals surface area contributed by atoms with Crippen LogP contribution in [0.1, 0.15) is 35.4 Å². The van der Waals surface area contributed by atoms with Gasteiger partial charge >= 0.3 is 0 Å². The van der Waals surface area contributed by atoms with E-state index in [0.717, 1.165) is 12.8 Å². The summed E-state index contributed by atoms with van der Waals surface area (Å²) < 4.78 is 0. The summed E-state index contributed by atoms with van der Waals surface area (Å²) in [6.07, 6.45) is 8.02. The van der Waals surface area contributed by atoms with Crippen molar-refractivity contribution in [3.05, 3.63) is 52.0 Å². The van der Waals surface area contributed by atoms with E-state index in [1.807, 2.05) is 6.20 Å². The standard InChI is InChI=1S/C16H18N2S/c1-2-4-13-11-16(18-14-5-6-14,8-7-12(13)3-1)15-17-9-10-19-15/h1-4,9-10,14,18H,5-8,11H2. The molecule has 0 amide bonds. The zero-order chi connectivity index (χ0) is 12.7. The number of aromatic nitrogens is 1. The number of nitrogens with zero attached hydrogens (tertiary/aromatic N) is 1. The fraction of sp³-hybridized carbons (Fsp3) is 0.438. The highest BCUT2D eigenvalue weighted by atomic mass is 32.1. The number of hydrogen-bond donors (Lipinski definition) is 1. The second kappa shape index (κ2) is 4.43. The molecule has 1 atom stereocenters. The SMILES string of the molecule is c1ccc2c(c1)CCC(NC1CC1)(c1nccs1)C2.